The molecular weight excluding hydrogens is 821 g/mol. The van der Waals surface area contributed by atoms with E-state index in [1.54, 1.807) is 0 Å². The molecule has 0 amide bonds. The third-order valence-electron chi connectivity index (χ3n) is 13.8. The van der Waals surface area contributed by atoms with Crippen molar-refractivity contribution < 1.29 is 0 Å². The minimum absolute atomic E-state index is 1.08. The first kappa shape index (κ1) is 39.4. The van der Waals surface area contributed by atoms with Crippen LogP contribution in [0.3, 0.4) is 0 Å². The van der Waals surface area contributed by atoms with Crippen molar-refractivity contribution in [2.75, 3.05) is 4.90 Å². The van der Waals surface area contributed by atoms with Gasteiger partial charge in [-0.25, -0.2) is 0 Å². The van der Waals surface area contributed by atoms with Gasteiger partial charge in [0.1, 0.15) is 0 Å². The predicted octanol–water partition coefficient (Wildman–Crippen LogP) is 18.4. The summed E-state index contributed by atoms with van der Waals surface area (Å²) in [6.07, 6.45) is 0. The molecule has 13 aromatic rings. The van der Waals surface area contributed by atoms with Crippen molar-refractivity contribution in [3.63, 3.8) is 0 Å². The van der Waals surface area contributed by atoms with Gasteiger partial charge in [-0.2, -0.15) is 0 Å². The van der Waals surface area contributed by atoms with Crippen molar-refractivity contribution in [3.05, 3.63) is 267 Å². The second kappa shape index (κ2) is 16.5. The van der Waals surface area contributed by atoms with Gasteiger partial charge in [-0.15, -0.1) is 0 Å². The lowest BCUT2D eigenvalue weighted by atomic mass is 9.94. The van der Waals surface area contributed by atoms with Crippen molar-refractivity contribution >= 4 is 71.2 Å². The number of rotatable bonds is 8. The van der Waals surface area contributed by atoms with Crippen LogP contribution in [0, 0.1) is 0 Å². The topological polar surface area (TPSA) is 8.17 Å². The summed E-state index contributed by atoms with van der Waals surface area (Å²) < 4.78 is 2.50. The van der Waals surface area contributed by atoms with Crippen LogP contribution in [0.25, 0.3) is 104 Å². The zero-order chi connectivity index (χ0) is 45.0. The lowest BCUT2D eigenvalue weighted by molar-refractivity contribution is 1.19. The maximum atomic E-state index is 2.50. The fourth-order valence-corrected chi connectivity index (χ4v) is 10.5. The van der Waals surface area contributed by atoms with Gasteiger partial charge in [0.2, 0.25) is 0 Å². The third kappa shape index (κ3) is 6.73. The molecule has 0 N–H and O–H groups in total. The van der Waals surface area contributed by atoms with Gasteiger partial charge >= 0.3 is 0 Å². The Morgan fingerprint density at radius 3 is 1.63 bits per heavy atom. The van der Waals surface area contributed by atoms with E-state index in [0.29, 0.717) is 0 Å². The molecule has 318 valence electrons. The highest BCUT2D eigenvalue weighted by atomic mass is 15.1. The summed E-state index contributed by atoms with van der Waals surface area (Å²) in [7, 11) is 0. The number of hydrogen-bond acceptors (Lipinski definition) is 1. The number of benzene rings is 12. The molecule has 0 unspecified atom stereocenters. The molecule has 1 heterocycles. The average molecular weight is 865 g/mol. The zero-order valence-electron chi connectivity index (χ0n) is 37.3. The van der Waals surface area contributed by atoms with Gasteiger partial charge in [-0.1, -0.05) is 212 Å². The molecule has 0 saturated heterocycles. The number of aromatic nitrogens is 1. The van der Waals surface area contributed by atoms with E-state index in [-0.39, 0.29) is 0 Å². The van der Waals surface area contributed by atoms with Crippen molar-refractivity contribution in [2.24, 2.45) is 0 Å². The molecule has 12 aromatic carbocycles. The second-order valence-electron chi connectivity index (χ2n) is 17.7. The average Bonchev–Trinajstić information content (AvgIpc) is 3.76. The molecule has 0 fully saturated rings. The van der Waals surface area contributed by atoms with Crippen LogP contribution in [0.15, 0.2) is 267 Å². The Balaban J connectivity index is 1.01. The van der Waals surface area contributed by atoms with Gasteiger partial charge in [-0.3, -0.25) is 0 Å². The molecule has 68 heavy (non-hydrogen) atoms. The molecule has 0 saturated carbocycles. The SMILES string of the molecule is c1ccc(-c2cccc(N(c3ccc(-c4cc(-c5ccccc5)ccc4-n4c5ccccc5c5ccc6ccccc6c54)cc3)c3ccc(-c4ccc5ccccc5c4)c4ccccc34)c2)cc1. The van der Waals surface area contributed by atoms with Crippen molar-refractivity contribution in [1.82, 2.24) is 4.57 Å². The Kier molecular flexibility index (Phi) is 9.54. The van der Waals surface area contributed by atoms with Crippen LogP contribution in [0.1, 0.15) is 0 Å². The monoisotopic (exact) mass is 864 g/mol. The van der Waals surface area contributed by atoms with Crippen molar-refractivity contribution in [1.29, 1.82) is 0 Å². The van der Waals surface area contributed by atoms with E-state index in [2.05, 4.69) is 276 Å². The van der Waals surface area contributed by atoms with E-state index >= 15 is 0 Å². The van der Waals surface area contributed by atoms with E-state index in [1.165, 1.54) is 87.5 Å². The molecule has 2 nitrogen and oxygen atoms in total. The summed E-state index contributed by atoms with van der Waals surface area (Å²) in [5.41, 5.74) is 16.3. The highest BCUT2D eigenvalue weighted by Gasteiger charge is 2.21. The first-order chi connectivity index (χ1) is 33.7. The summed E-state index contributed by atoms with van der Waals surface area (Å²) in [4.78, 5) is 2.43. The van der Waals surface area contributed by atoms with E-state index in [0.717, 1.165) is 33.9 Å². The summed E-state index contributed by atoms with van der Waals surface area (Å²) in [5, 5.41) is 9.83. The zero-order valence-corrected chi connectivity index (χ0v) is 37.3. The van der Waals surface area contributed by atoms with Gasteiger partial charge < -0.3 is 9.47 Å². The quantitative estimate of drug-likeness (QED) is 0.148. The first-order valence-corrected chi connectivity index (χ1v) is 23.4. The molecule has 0 aliphatic carbocycles. The van der Waals surface area contributed by atoms with E-state index in [1.807, 2.05) is 0 Å². The Morgan fingerprint density at radius 1 is 0.265 bits per heavy atom. The van der Waals surface area contributed by atoms with Crippen LogP contribution < -0.4 is 4.90 Å². The number of nitrogens with zero attached hydrogens (tertiary/aromatic N) is 2. The lowest BCUT2D eigenvalue weighted by Crippen LogP contribution is -2.11. The van der Waals surface area contributed by atoms with Crippen LogP contribution >= 0.6 is 0 Å². The molecule has 0 radical (unpaired) electrons. The predicted molar refractivity (Wildman–Crippen MR) is 290 cm³/mol. The van der Waals surface area contributed by atoms with Crippen LogP contribution in [-0.2, 0) is 0 Å². The normalized spacial score (nSPS) is 11.5. The van der Waals surface area contributed by atoms with Gasteiger partial charge in [0, 0.05) is 38.5 Å². The molecule has 13 rings (SSSR count). The molecule has 1 aromatic heterocycles. The summed E-state index contributed by atoms with van der Waals surface area (Å²) >= 11 is 0. The van der Waals surface area contributed by atoms with Crippen LogP contribution in [0.2, 0.25) is 0 Å². The van der Waals surface area contributed by atoms with Crippen LogP contribution in [0.5, 0.6) is 0 Å². The van der Waals surface area contributed by atoms with Gasteiger partial charge in [0.05, 0.1) is 22.4 Å². The molecule has 0 aliphatic rings. The standard InChI is InChI=1S/C66H44N2/c1-3-16-45(17-4-1)51-23-15-24-55(43-51)67(64-41-39-56(58-26-11-12-27-59(58)64)53-31-30-47-20-7-8-22-50(47)42-53)54-36-32-49(33-37-54)62-44-52(46-18-5-2-6-19-46)35-40-65(62)68-63-29-14-13-28-60(63)61-38-34-48-21-9-10-25-57(48)66(61)68/h1-44H. The van der Waals surface area contributed by atoms with Gasteiger partial charge in [0.15, 0.2) is 0 Å². The largest absolute Gasteiger partial charge is 0.310 e. The maximum absolute atomic E-state index is 2.50. The highest BCUT2D eigenvalue weighted by molar-refractivity contribution is 6.19. The molecular formula is C66H44N2. The Morgan fingerprint density at radius 2 is 0.853 bits per heavy atom. The Labute approximate surface area is 395 Å². The minimum atomic E-state index is 1.08. The van der Waals surface area contributed by atoms with E-state index in [9.17, 15) is 0 Å². The highest BCUT2D eigenvalue weighted by Crippen LogP contribution is 2.45. The molecule has 0 bridgehead atoms. The Hall–Kier alpha value is -8.98. The van der Waals surface area contributed by atoms with Crippen molar-refractivity contribution in [3.8, 4) is 50.2 Å². The maximum Gasteiger partial charge on any atom is 0.0619 e. The molecule has 0 spiro atoms. The van der Waals surface area contributed by atoms with Crippen LogP contribution in [0.4, 0.5) is 17.1 Å². The summed E-state index contributed by atoms with van der Waals surface area (Å²) in [5.74, 6) is 0. The number of para-hydroxylation sites is 1. The second-order valence-corrected chi connectivity index (χ2v) is 17.7. The van der Waals surface area contributed by atoms with Crippen molar-refractivity contribution in [2.45, 2.75) is 0 Å². The fourth-order valence-electron chi connectivity index (χ4n) is 10.5. The van der Waals surface area contributed by atoms with E-state index in [4.69, 9.17) is 0 Å². The molecule has 0 aliphatic heterocycles. The minimum Gasteiger partial charge on any atom is -0.310 e. The molecule has 2 heteroatoms. The number of anilines is 3. The van der Waals surface area contributed by atoms with Gasteiger partial charge in [0.25, 0.3) is 0 Å². The van der Waals surface area contributed by atoms with Crippen LogP contribution in [-0.4, -0.2) is 4.57 Å². The lowest BCUT2D eigenvalue weighted by Gasteiger charge is -2.28. The molecule has 0 atom stereocenters. The first-order valence-electron chi connectivity index (χ1n) is 23.4. The van der Waals surface area contributed by atoms with Gasteiger partial charge in [-0.05, 0) is 115 Å². The fraction of sp³-hybridized carbons (Fsp3) is 0. The number of hydrogen-bond donors (Lipinski definition) is 0. The summed E-state index contributed by atoms with van der Waals surface area (Å²) in [6, 6.07) is 97.6. The number of fused-ring (bicyclic) bond motifs is 7. The van der Waals surface area contributed by atoms with E-state index < -0.39 is 0 Å². The third-order valence-corrected chi connectivity index (χ3v) is 13.8. The smallest absolute Gasteiger partial charge is 0.0619 e. The summed E-state index contributed by atoms with van der Waals surface area (Å²) in [6.45, 7) is 0. The Bertz CT molecular complexity index is 4020.